The summed E-state index contributed by atoms with van der Waals surface area (Å²) in [5.74, 6) is -0.205. The monoisotopic (exact) mass is 375 g/mol. The van der Waals surface area contributed by atoms with Crippen molar-refractivity contribution in [2.45, 2.75) is 11.8 Å². The van der Waals surface area contributed by atoms with Crippen molar-refractivity contribution < 1.29 is 13.2 Å². The van der Waals surface area contributed by atoms with Gasteiger partial charge in [-0.2, -0.15) is 0 Å². The van der Waals surface area contributed by atoms with Crippen LogP contribution >= 0.6 is 15.9 Å². The first-order valence-corrected chi connectivity index (χ1v) is 8.92. The van der Waals surface area contributed by atoms with Gasteiger partial charge in [-0.15, -0.1) is 0 Å². The van der Waals surface area contributed by atoms with Gasteiger partial charge in [-0.05, 0) is 40.5 Å². The molecule has 1 aliphatic heterocycles. The molecule has 116 valence electrons. The van der Waals surface area contributed by atoms with Crippen LogP contribution in [0, 0.1) is 6.92 Å². The number of nitrogens with one attached hydrogen (secondary N) is 2. The van der Waals surface area contributed by atoms with Crippen LogP contribution in [-0.4, -0.2) is 51.9 Å². The summed E-state index contributed by atoms with van der Waals surface area (Å²) in [5.41, 5.74) is 0.956. The first-order chi connectivity index (χ1) is 9.90. The van der Waals surface area contributed by atoms with E-state index in [1.54, 1.807) is 17.0 Å². The van der Waals surface area contributed by atoms with Gasteiger partial charge in [0.1, 0.15) is 0 Å². The van der Waals surface area contributed by atoms with Crippen molar-refractivity contribution >= 4 is 31.9 Å². The number of sulfonamides is 1. The number of hydrogen-bond donors (Lipinski definition) is 2. The van der Waals surface area contributed by atoms with Gasteiger partial charge in [0.2, 0.25) is 15.9 Å². The molecular formula is C13H18BrN3O3S. The summed E-state index contributed by atoms with van der Waals surface area (Å²) in [7, 11) is -3.70. The molecule has 2 rings (SSSR count). The van der Waals surface area contributed by atoms with Crippen LogP contribution in [0.25, 0.3) is 0 Å². The third-order valence-corrected chi connectivity index (χ3v) is 5.64. The van der Waals surface area contributed by atoms with Crippen LogP contribution in [-0.2, 0) is 14.8 Å². The lowest BCUT2D eigenvalue weighted by molar-refractivity contribution is -0.130. The third-order valence-electron chi connectivity index (χ3n) is 3.26. The van der Waals surface area contributed by atoms with E-state index in [2.05, 4.69) is 26.0 Å². The highest BCUT2D eigenvalue weighted by Crippen LogP contribution is 2.22. The van der Waals surface area contributed by atoms with E-state index >= 15 is 0 Å². The largest absolute Gasteiger partial charge is 0.339 e. The van der Waals surface area contributed by atoms with Gasteiger partial charge in [-0.1, -0.05) is 6.07 Å². The standard InChI is InChI=1S/C13H18BrN3O3S/c1-10-2-3-12(11(14)8-10)21(19,20)16-9-13(18)17-6-4-15-5-7-17/h2-3,8,15-16H,4-7,9H2,1H3. The number of rotatable bonds is 4. The van der Waals surface area contributed by atoms with Crippen LogP contribution < -0.4 is 10.0 Å². The molecule has 1 saturated heterocycles. The van der Waals surface area contributed by atoms with Crippen molar-refractivity contribution in [3.05, 3.63) is 28.2 Å². The summed E-state index contributed by atoms with van der Waals surface area (Å²) < 4.78 is 27.3. The van der Waals surface area contributed by atoms with Crippen molar-refractivity contribution in [3.63, 3.8) is 0 Å². The second kappa shape index (κ2) is 6.87. The van der Waals surface area contributed by atoms with Crippen molar-refractivity contribution in [2.24, 2.45) is 0 Å². The van der Waals surface area contributed by atoms with Gasteiger partial charge in [-0.25, -0.2) is 13.1 Å². The van der Waals surface area contributed by atoms with E-state index in [9.17, 15) is 13.2 Å². The zero-order chi connectivity index (χ0) is 15.5. The average molecular weight is 376 g/mol. The Morgan fingerprint density at radius 2 is 2.05 bits per heavy atom. The van der Waals surface area contributed by atoms with E-state index in [1.165, 1.54) is 6.07 Å². The van der Waals surface area contributed by atoms with E-state index in [0.29, 0.717) is 17.6 Å². The Balaban J connectivity index is 2.02. The van der Waals surface area contributed by atoms with E-state index in [0.717, 1.165) is 18.7 Å². The van der Waals surface area contributed by atoms with E-state index in [4.69, 9.17) is 0 Å². The number of piperazine rings is 1. The number of aryl methyl sites for hydroxylation is 1. The SMILES string of the molecule is Cc1ccc(S(=O)(=O)NCC(=O)N2CCNCC2)c(Br)c1. The first-order valence-electron chi connectivity index (χ1n) is 6.64. The maximum atomic E-state index is 12.2. The molecule has 2 N–H and O–H groups in total. The fourth-order valence-corrected chi connectivity index (χ4v) is 4.25. The van der Waals surface area contributed by atoms with Gasteiger partial charge in [-0.3, -0.25) is 4.79 Å². The second-order valence-electron chi connectivity index (χ2n) is 4.89. The predicted molar refractivity (Wildman–Crippen MR) is 83.5 cm³/mol. The lowest BCUT2D eigenvalue weighted by Crippen LogP contribution is -2.49. The summed E-state index contributed by atoms with van der Waals surface area (Å²) in [5, 5.41) is 3.14. The van der Waals surface area contributed by atoms with Crippen molar-refractivity contribution in [1.29, 1.82) is 0 Å². The molecule has 8 heteroatoms. The number of halogens is 1. The minimum atomic E-state index is -3.70. The lowest BCUT2D eigenvalue weighted by atomic mass is 10.2. The summed E-state index contributed by atoms with van der Waals surface area (Å²) in [6, 6.07) is 4.97. The van der Waals surface area contributed by atoms with Crippen LogP contribution in [0.4, 0.5) is 0 Å². The van der Waals surface area contributed by atoms with Gasteiger partial charge in [0.15, 0.2) is 0 Å². The van der Waals surface area contributed by atoms with Crippen molar-refractivity contribution in [2.75, 3.05) is 32.7 Å². The van der Waals surface area contributed by atoms with Gasteiger partial charge < -0.3 is 10.2 Å². The van der Waals surface area contributed by atoms with Crippen molar-refractivity contribution in [3.8, 4) is 0 Å². The molecule has 0 aliphatic carbocycles. The molecule has 0 saturated carbocycles. The normalized spacial score (nSPS) is 16.0. The summed E-state index contributed by atoms with van der Waals surface area (Å²) in [6.45, 7) is 4.35. The highest BCUT2D eigenvalue weighted by molar-refractivity contribution is 9.10. The van der Waals surface area contributed by atoms with Crippen LogP contribution in [0.3, 0.4) is 0 Å². The van der Waals surface area contributed by atoms with Crippen LogP contribution in [0.1, 0.15) is 5.56 Å². The fraction of sp³-hybridized carbons (Fsp3) is 0.462. The highest BCUT2D eigenvalue weighted by Gasteiger charge is 2.21. The van der Waals surface area contributed by atoms with Gasteiger partial charge in [0.05, 0.1) is 11.4 Å². The van der Waals surface area contributed by atoms with Crippen LogP contribution in [0.5, 0.6) is 0 Å². The Labute approximate surface area is 133 Å². The Bertz CT molecular complexity index is 628. The molecule has 0 unspecified atom stereocenters. The quantitative estimate of drug-likeness (QED) is 0.801. The molecule has 6 nitrogen and oxygen atoms in total. The molecular weight excluding hydrogens is 358 g/mol. The Morgan fingerprint density at radius 1 is 1.38 bits per heavy atom. The average Bonchev–Trinajstić information content (AvgIpc) is 2.45. The number of carbonyl (C=O) groups is 1. The van der Waals surface area contributed by atoms with Gasteiger partial charge >= 0.3 is 0 Å². The maximum absolute atomic E-state index is 12.2. The fourth-order valence-electron chi connectivity index (χ4n) is 2.08. The topological polar surface area (TPSA) is 78.5 Å². The number of hydrogen-bond acceptors (Lipinski definition) is 4. The van der Waals surface area contributed by atoms with Crippen LogP contribution in [0.15, 0.2) is 27.6 Å². The molecule has 0 radical (unpaired) electrons. The van der Waals surface area contributed by atoms with Crippen LogP contribution in [0.2, 0.25) is 0 Å². The maximum Gasteiger partial charge on any atom is 0.242 e. The molecule has 1 aromatic rings. The molecule has 0 aromatic heterocycles. The van der Waals surface area contributed by atoms with Gasteiger partial charge in [0, 0.05) is 30.7 Å². The highest BCUT2D eigenvalue weighted by atomic mass is 79.9. The van der Waals surface area contributed by atoms with Gasteiger partial charge in [0.25, 0.3) is 0 Å². The molecule has 1 heterocycles. The molecule has 21 heavy (non-hydrogen) atoms. The molecule has 0 atom stereocenters. The Morgan fingerprint density at radius 3 is 2.67 bits per heavy atom. The Hall–Kier alpha value is -0.960. The second-order valence-corrected chi connectivity index (χ2v) is 7.48. The van der Waals surface area contributed by atoms with E-state index < -0.39 is 10.0 Å². The Kier molecular flexibility index (Phi) is 5.37. The first kappa shape index (κ1) is 16.4. The predicted octanol–water partition coefficient (Wildman–Crippen LogP) is 0.468. The summed E-state index contributed by atoms with van der Waals surface area (Å²) >= 11 is 3.24. The summed E-state index contributed by atoms with van der Waals surface area (Å²) in [4.78, 5) is 13.8. The smallest absolute Gasteiger partial charge is 0.242 e. The molecule has 1 amide bonds. The van der Waals surface area contributed by atoms with Crippen molar-refractivity contribution in [1.82, 2.24) is 14.9 Å². The van der Waals surface area contributed by atoms with E-state index in [-0.39, 0.29) is 17.3 Å². The number of amides is 1. The number of carbonyl (C=O) groups excluding carboxylic acids is 1. The molecule has 1 fully saturated rings. The molecule has 1 aromatic carbocycles. The molecule has 0 bridgehead atoms. The number of nitrogens with zero attached hydrogens (tertiary/aromatic N) is 1. The molecule has 1 aliphatic rings. The molecule has 0 spiro atoms. The zero-order valence-corrected chi connectivity index (χ0v) is 14.1. The third kappa shape index (κ3) is 4.26. The van der Waals surface area contributed by atoms with E-state index in [1.807, 2.05) is 6.92 Å². The number of benzene rings is 1. The minimum Gasteiger partial charge on any atom is -0.339 e. The minimum absolute atomic E-state index is 0.140. The summed E-state index contributed by atoms with van der Waals surface area (Å²) in [6.07, 6.45) is 0. The lowest BCUT2D eigenvalue weighted by Gasteiger charge is -2.27. The zero-order valence-electron chi connectivity index (χ0n) is 11.7.